The van der Waals surface area contributed by atoms with E-state index in [1.54, 1.807) is 99.2 Å². The molecule has 0 bridgehead atoms. The standard InChI is InChI=1S/C36H34N4O8S2/c1-47-25-15-11-23(12-16-25)21-29-33(43)39(35(45)49-29)19-5-9-31(41)37-27-7-3-4-8-28(27)38-32(42)10-6-20-40-34(44)30(50-36(40)46)22-24-13-17-26(48-2)18-14-24/h3-4,7-8,11-18,21-22H,5-6,9-10,19-20H2,1-2H3,(H,37,41)(H,38,42). The van der Waals surface area contributed by atoms with Gasteiger partial charge in [-0.05, 0) is 96.0 Å². The van der Waals surface area contributed by atoms with Crippen LogP contribution in [0, 0.1) is 0 Å². The molecule has 0 spiro atoms. The number of thioether (sulfide) groups is 2. The summed E-state index contributed by atoms with van der Waals surface area (Å²) in [5, 5.41) is 4.76. The van der Waals surface area contributed by atoms with Crippen molar-refractivity contribution in [3.05, 3.63) is 93.7 Å². The van der Waals surface area contributed by atoms with E-state index < -0.39 is 22.3 Å². The molecule has 2 N–H and O–H groups in total. The normalized spacial score (nSPS) is 16.0. The molecule has 0 aromatic heterocycles. The van der Waals surface area contributed by atoms with E-state index in [0.29, 0.717) is 32.7 Å². The van der Waals surface area contributed by atoms with Crippen molar-refractivity contribution in [1.82, 2.24) is 9.80 Å². The summed E-state index contributed by atoms with van der Waals surface area (Å²) in [6, 6.07) is 20.9. The molecular formula is C36H34N4O8S2. The summed E-state index contributed by atoms with van der Waals surface area (Å²) < 4.78 is 10.3. The minimum Gasteiger partial charge on any atom is -0.497 e. The van der Waals surface area contributed by atoms with E-state index in [-0.39, 0.29) is 50.6 Å². The maximum atomic E-state index is 12.8. The lowest BCUT2D eigenvalue weighted by Gasteiger charge is -2.15. The van der Waals surface area contributed by atoms with Crippen molar-refractivity contribution in [3.8, 4) is 11.5 Å². The quantitative estimate of drug-likeness (QED) is 0.175. The topological polar surface area (TPSA) is 151 Å². The molecule has 5 rings (SSSR count). The van der Waals surface area contributed by atoms with Gasteiger partial charge in [0.05, 0.1) is 35.4 Å². The van der Waals surface area contributed by atoms with Gasteiger partial charge in [-0.3, -0.25) is 38.6 Å². The van der Waals surface area contributed by atoms with Crippen molar-refractivity contribution < 1.29 is 38.2 Å². The Morgan fingerprint density at radius 2 is 1.00 bits per heavy atom. The van der Waals surface area contributed by atoms with E-state index in [0.717, 1.165) is 44.5 Å². The van der Waals surface area contributed by atoms with Crippen molar-refractivity contribution >= 4 is 81.2 Å². The van der Waals surface area contributed by atoms with Crippen LogP contribution in [0.3, 0.4) is 0 Å². The smallest absolute Gasteiger partial charge is 0.293 e. The third-order valence-electron chi connectivity index (χ3n) is 7.62. The van der Waals surface area contributed by atoms with Gasteiger partial charge in [-0.1, -0.05) is 36.4 Å². The third-order valence-corrected chi connectivity index (χ3v) is 9.44. The lowest BCUT2D eigenvalue weighted by molar-refractivity contribution is -0.123. The predicted molar refractivity (Wildman–Crippen MR) is 194 cm³/mol. The highest BCUT2D eigenvalue weighted by Gasteiger charge is 2.35. The molecule has 0 aliphatic carbocycles. The van der Waals surface area contributed by atoms with Crippen LogP contribution in [0.5, 0.6) is 11.5 Å². The first-order valence-corrected chi connectivity index (χ1v) is 17.3. The molecule has 3 aromatic carbocycles. The van der Waals surface area contributed by atoms with Gasteiger partial charge in [-0.2, -0.15) is 0 Å². The number of amides is 6. The zero-order chi connectivity index (χ0) is 35.6. The van der Waals surface area contributed by atoms with E-state index in [2.05, 4.69) is 10.6 Å². The lowest BCUT2D eigenvalue weighted by Crippen LogP contribution is -2.30. The van der Waals surface area contributed by atoms with Gasteiger partial charge in [0.2, 0.25) is 11.8 Å². The highest BCUT2D eigenvalue weighted by atomic mass is 32.2. The summed E-state index contributed by atoms with van der Waals surface area (Å²) in [6.45, 7) is 0.158. The lowest BCUT2D eigenvalue weighted by atomic mass is 10.2. The Bertz CT molecular complexity index is 1720. The van der Waals surface area contributed by atoms with Crippen LogP contribution in [0.4, 0.5) is 21.0 Å². The van der Waals surface area contributed by atoms with Crippen molar-refractivity contribution in [2.75, 3.05) is 37.9 Å². The summed E-state index contributed by atoms with van der Waals surface area (Å²) in [7, 11) is 3.12. The summed E-state index contributed by atoms with van der Waals surface area (Å²) in [5.74, 6) is -0.169. The molecule has 2 saturated heterocycles. The van der Waals surface area contributed by atoms with Crippen LogP contribution in [0.15, 0.2) is 82.6 Å². The molecular weight excluding hydrogens is 681 g/mol. The number of nitrogens with one attached hydrogen (secondary N) is 2. The molecule has 0 saturated carbocycles. The molecule has 2 heterocycles. The van der Waals surface area contributed by atoms with Crippen molar-refractivity contribution in [1.29, 1.82) is 0 Å². The Morgan fingerprint density at radius 3 is 1.36 bits per heavy atom. The molecule has 3 aromatic rings. The second-order valence-electron chi connectivity index (χ2n) is 11.1. The van der Waals surface area contributed by atoms with Crippen molar-refractivity contribution in [3.63, 3.8) is 0 Å². The minimum absolute atomic E-state index is 0.0341. The Hall–Kier alpha value is -5.34. The number of ether oxygens (including phenoxy) is 2. The maximum absolute atomic E-state index is 12.8. The van der Waals surface area contributed by atoms with Gasteiger partial charge in [0.15, 0.2) is 0 Å². The zero-order valence-electron chi connectivity index (χ0n) is 27.3. The number of benzene rings is 3. The number of imide groups is 2. The number of nitrogens with zero attached hydrogens (tertiary/aromatic N) is 2. The minimum atomic E-state index is -0.410. The van der Waals surface area contributed by atoms with Crippen LogP contribution in [-0.2, 0) is 19.2 Å². The number of carbonyl (C=O) groups excluding carboxylic acids is 6. The number of anilines is 2. The first kappa shape index (κ1) is 36.0. The van der Waals surface area contributed by atoms with Crippen LogP contribution >= 0.6 is 23.5 Å². The number of para-hydroxylation sites is 2. The van der Waals surface area contributed by atoms with Crippen molar-refractivity contribution in [2.24, 2.45) is 0 Å². The summed E-state index contributed by atoms with van der Waals surface area (Å²) in [6.07, 6.45) is 3.85. The Kier molecular flexibility index (Phi) is 12.1. The maximum Gasteiger partial charge on any atom is 0.293 e. The molecule has 2 aliphatic rings. The van der Waals surface area contributed by atoms with E-state index in [9.17, 15) is 28.8 Å². The largest absolute Gasteiger partial charge is 0.497 e. The molecule has 50 heavy (non-hydrogen) atoms. The first-order chi connectivity index (χ1) is 24.1. The summed E-state index contributed by atoms with van der Waals surface area (Å²) in [4.78, 5) is 79.1. The van der Waals surface area contributed by atoms with Gasteiger partial charge in [0.1, 0.15) is 11.5 Å². The Morgan fingerprint density at radius 1 is 0.620 bits per heavy atom. The average Bonchev–Trinajstić information content (AvgIpc) is 3.53. The Balaban J connectivity index is 1.06. The van der Waals surface area contributed by atoms with Crippen molar-refractivity contribution in [2.45, 2.75) is 25.7 Å². The fourth-order valence-electron chi connectivity index (χ4n) is 5.01. The fraction of sp³-hybridized carbons (Fsp3) is 0.222. The van der Waals surface area contributed by atoms with E-state index in [1.165, 1.54) is 0 Å². The van der Waals surface area contributed by atoms with Gasteiger partial charge in [-0.15, -0.1) is 0 Å². The number of methoxy groups -OCH3 is 2. The SMILES string of the molecule is COc1ccc(C=C2SC(=O)N(CCCC(=O)Nc3ccccc3NC(=O)CCCN3C(=O)SC(=Cc4ccc(OC)cc4)C3=O)C2=O)cc1. The van der Waals surface area contributed by atoms with Crippen LogP contribution in [-0.4, -0.2) is 71.2 Å². The van der Waals surface area contributed by atoms with E-state index in [1.807, 2.05) is 0 Å². The average molecular weight is 715 g/mol. The Labute approximate surface area is 297 Å². The number of rotatable bonds is 14. The van der Waals surface area contributed by atoms with Gasteiger partial charge in [0, 0.05) is 25.9 Å². The predicted octanol–water partition coefficient (Wildman–Crippen LogP) is 6.61. The third kappa shape index (κ3) is 9.21. The zero-order valence-corrected chi connectivity index (χ0v) is 28.9. The van der Waals surface area contributed by atoms with Crippen LogP contribution in [0.25, 0.3) is 12.2 Å². The van der Waals surface area contributed by atoms with Gasteiger partial charge in [0.25, 0.3) is 22.3 Å². The second-order valence-corrected chi connectivity index (χ2v) is 13.0. The van der Waals surface area contributed by atoms with Crippen LogP contribution in [0.2, 0.25) is 0 Å². The van der Waals surface area contributed by atoms with Gasteiger partial charge < -0.3 is 20.1 Å². The molecule has 6 amide bonds. The summed E-state index contributed by atoms with van der Waals surface area (Å²) >= 11 is 1.71. The molecule has 14 heteroatoms. The fourth-order valence-corrected chi connectivity index (χ4v) is 6.74. The molecule has 0 unspecified atom stereocenters. The van der Waals surface area contributed by atoms with Gasteiger partial charge >= 0.3 is 0 Å². The highest BCUT2D eigenvalue weighted by molar-refractivity contribution is 8.18. The molecule has 0 atom stereocenters. The molecule has 2 aliphatic heterocycles. The van der Waals surface area contributed by atoms with Gasteiger partial charge in [-0.25, -0.2) is 0 Å². The molecule has 2 fully saturated rings. The molecule has 258 valence electrons. The van der Waals surface area contributed by atoms with E-state index in [4.69, 9.17) is 9.47 Å². The highest BCUT2D eigenvalue weighted by Crippen LogP contribution is 2.34. The first-order valence-electron chi connectivity index (χ1n) is 15.6. The number of hydrogen-bond donors (Lipinski definition) is 2. The second kappa shape index (κ2) is 16.9. The number of carbonyl (C=O) groups is 6. The van der Waals surface area contributed by atoms with E-state index >= 15 is 0 Å². The molecule has 0 radical (unpaired) electrons. The number of hydrogen-bond acceptors (Lipinski definition) is 10. The van der Waals surface area contributed by atoms with Crippen LogP contribution in [0.1, 0.15) is 36.8 Å². The molecule has 12 nitrogen and oxygen atoms in total. The monoisotopic (exact) mass is 714 g/mol. The van der Waals surface area contributed by atoms with Crippen LogP contribution < -0.4 is 20.1 Å². The summed E-state index contributed by atoms with van der Waals surface area (Å²) in [5.41, 5.74) is 2.28.